The largest absolute Gasteiger partial charge is 0.309 e. The van der Waals surface area contributed by atoms with Gasteiger partial charge in [0.25, 0.3) is 0 Å². The third-order valence-corrected chi connectivity index (χ3v) is 3.98. The van der Waals surface area contributed by atoms with Crippen LogP contribution in [0, 0.1) is 18.6 Å². The van der Waals surface area contributed by atoms with Crippen LogP contribution in [-0.4, -0.2) is 7.05 Å². The monoisotopic (exact) mass is 359 g/mol. The first kappa shape index (κ1) is 15.4. The van der Waals surface area contributed by atoms with Gasteiger partial charge in [0.05, 0.1) is 6.04 Å². The lowest BCUT2D eigenvalue weighted by Gasteiger charge is -2.20. The summed E-state index contributed by atoms with van der Waals surface area (Å²) in [6.45, 7) is 1.60. The molecule has 1 atom stereocenters. The minimum absolute atomic E-state index is 0.367. The van der Waals surface area contributed by atoms with Crippen LogP contribution in [0.3, 0.4) is 0 Å². The van der Waals surface area contributed by atoms with Crippen LogP contribution in [0.15, 0.2) is 34.8 Å². The van der Waals surface area contributed by atoms with E-state index in [2.05, 4.69) is 21.2 Å². The van der Waals surface area contributed by atoms with Gasteiger partial charge in [-0.1, -0.05) is 27.5 Å². The molecule has 5 heteroatoms. The summed E-state index contributed by atoms with van der Waals surface area (Å²) in [5, 5.41) is 3.54. The van der Waals surface area contributed by atoms with E-state index in [0.717, 1.165) is 16.1 Å². The molecule has 1 N–H and O–H groups in total. The summed E-state index contributed by atoms with van der Waals surface area (Å²) in [7, 11) is 1.71. The van der Waals surface area contributed by atoms with Crippen LogP contribution in [0.5, 0.6) is 0 Å². The van der Waals surface area contributed by atoms with Gasteiger partial charge >= 0.3 is 0 Å². The van der Waals surface area contributed by atoms with Gasteiger partial charge < -0.3 is 5.32 Å². The van der Waals surface area contributed by atoms with E-state index in [1.807, 2.05) is 12.1 Å². The van der Waals surface area contributed by atoms with Crippen molar-refractivity contribution in [3.8, 4) is 0 Å². The lowest BCUT2D eigenvalue weighted by atomic mass is 9.96. The molecule has 0 spiro atoms. The van der Waals surface area contributed by atoms with Crippen molar-refractivity contribution in [1.82, 2.24) is 5.32 Å². The molecule has 0 aliphatic heterocycles. The van der Waals surface area contributed by atoms with E-state index in [1.165, 1.54) is 6.07 Å². The zero-order valence-corrected chi connectivity index (χ0v) is 13.3. The van der Waals surface area contributed by atoms with Crippen molar-refractivity contribution in [1.29, 1.82) is 0 Å². The molecule has 0 amide bonds. The van der Waals surface area contributed by atoms with Crippen molar-refractivity contribution in [2.75, 3.05) is 7.05 Å². The van der Waals surface area contributed by atoms with Gasteiger partial charge in [-0.25, -0.2) is 8.78 Å². The summed E-state index contributed by atoms with van der Waals surface area (Å²) < 4.78 is 28.3. The van der Waals surface area contributed by atoms with Crippen molar-refractivity contribution < 1.29 is 8.78 Å². The molecular weight excluding hydrogens is 348 g/mol. The van der Waals surface area contributed by atoms with Gasteiger partial charge in [0.15, 0.2) is 0 Å². The fourth-order valence-electron chi connectivity index (χ4n) is 2.12. The van der Waals surface area contributed by atoms with Crippen molar-refractivity contribution in [2.45, 2.75) is 13.0 Å². The van der Waals surface area contributed by atoms with Crippen molar-refractivity contribution in [3.05, 3.63) is 68.2 Å². The number of nitrogens with one attached hydrogen (secondary N) is 1. The fraction of sp³-hybridized carbons (Fsp3) is 0.200. The second-order valence-electron chi connectivity index (χ2n) is 4.51. The second kappa shape index (κ2) is 6.20. The molecular formula is C15H13BrClF2N. The molecule has 106 valence electrons. The number of hydrogen-bond donors (Lipinski definition) is 1. The Hall–Kier alpha value is -0.970. The third kappa shape index (κ3) is 3.03. The molecule has 0 aliphatic rings. The quantitative estimate of drug-likeness (QED) is 0.812. The minimum atomic E-state index is -0.594. The smallest absolute Gasteiger partial charge is 0.131 e. The van der Waals surface area contributed by atoms with Crippen LogP contribution in [0.1, 0.15) is 22.7 Å². The molecule has 1 unspecified atom stereocenters. The first-order valence-electron chi connectivity index (χ1n) is 6.01. The Kier molecular flexibility index (Phi) is 4.78. The highest BCUT2D eigenvalue weighted by Crippen LogP contribution is 2.32. The maximum Gasteiger partial charge on any atom is 0.131 e. The highest BCUT2D eigenvalue weighted by Gasteiger charge is 2.20. The average Bonchev–Trinajstić information content (AvgIpc) is 2.40. The molecule has 0 saturated heterocycles. The zero-order valence-electron chi connectivity index (χ0n) is 11.0. The van der Waals surface area contributed by atoms with Gasteiger partial charge in [-0.15, -0.1) is 0 Å². The molecule has 0 aromatic heterocycles. The van der Waals surface area contributed by atoms with E-state index in [4.69, 9.17) is 11.6 Å². The SMILES string of the molecule is CNC(c1cc(C)c(F)cc1F)c1cc(Br)ccc1Cl. The maximum absolute atomic E-state index is 14.1. The van der Waals surface area contributed by atoms with Crippen molar-refractivity contribution in [2.24, 2.45) is 0 Å². The van der Waals surface area contributed by atoms with Gasteiger partial charge in [-0.05, 0) is 49.4 Å². The topological polar surface area (TPSA) is 12.0 Å². The Labute approximate surface area is 130 Å². The molecule has 2 aromatic carbocycles. The van der Waals surface area contributed by atoms with Crippen molar-refractivity contribution >= 4 is 27.5 Å². The molecule has 1 nitrogen and oxygen atoms in total. The molecule has 0 heterocycles. The van der Waals surface area contributed by atoms with Crippen LogP contribution in [0.4, 0.5) is 8.78 Å². The van der Waals surface area contributed by atoms with E-state index >= 15 is 0 Å². The first-order valence-corrected chi connectivity index (χ1v) is 7.19. The minimum Gasteiger partial charge on any atom is -0.309 e. The summed E-state index contributed by atoms with van der Waals surface area (Å²) in [4.78, 5) is 0. The molecule has 2 rings (SSSR count). The summed E-state index contributed by atoms with van der Waals surface area (Å²) in [5.74, 6) is -1.15. The Morgan fingerprint density at radius 3 is 2.45 bits per heavy atom. The lowest BCUT2D eigenvalue weighted by Crippen LogP contribution is -2.20. The maximum atomic E-state index is 14.1. The Bertz CT molecular complexity index is 646. The number of benzene rings is 2. The fourth-order valence-corrected chi connectivity index (χ4v) is 2.72. The normalized spacial score (nSPS) is 12.5. The lowest BCUT2D eigenvalue weighted by molar-refractivity contribution is 0.547. The summed E-state index contributed by atoms with van der Waals surface area (Å²) in [5.41, 5.74) is 1.49. The van der Waals surface area contributed by atoms with Gasteiger partial charge in [0.2, 0.25) is 0 Å². The Morgan fingerprint density at radius 2 is 1.80 bits per heavy atom. The number of halogens is 4. The van der Waals surface area contributed by atoms with E-state index in [0.29, 0.717) is 16.1 Å². The highest BCUT2D eigenvalue weighted by molar-refractivity contribution is 9.10. The van der Waals surface area contributed by atoms with E-state index in [9.17, 15) is 8.78 Å². The standard InChI is InChI=1S/C15H13BrClF2N/c1-8-5-11(14(19)7-13(8)18)15(20-2)10-6-9(16)3-4-12(10)17/h3-7,15,20H,1-2H3. The van der Waals surface area contributed by atoms with E-state index in [1.54, 1.807) is 20.0 Å². The molecule has 0 bridgehead atoms. The highest BCUT2D eigenvalue weighted by atomic mass is 79.9. The second-order valence-corrected chi connectivity index (χ2v) is 5.83. The van der Waals surface area contributed by atoms with E-state index in [-0.39, 0.29) is 0 Å². The average molecular weight is 361 g/mol. The van der Waals surface area contributed by atoms with Crippen LogP contribution < -0.4 is 5.32 Å². The number of aryl methyl sites for hydroxylation is 1. The van der Waals surface area contributed by atoms with Crippen LogP contribution in [0.25, 0.3) is 0 Å². The Morgan fingerprint density at radius 1 is 1.10 bits per heavy atom. The third-order valence-electron chi connectivity index (χ3n) is 3.15. The molecule has 2 aromatic rings. The van der Waals surface area contributed by atoms with Crippen LogP contribution in [-0.2, 0) is 0 Å². The summed E-state index contributed by atoms with van der Waals surface area (Å²) >= 11 is 9.56. The molecule has 0 aliphatic carbocycles. The van der Waals surface area contributed by atoms with Gasteiger partial charge in [-0.3, -0.25) is 0 Å². The van der Waals surface area contributed by atoms with Crippen LogP contribution >= 0.6 is 27.5 Å². The van der Waals surface area contributed by atoms with Crippen molar-refractivity contribution in [3.63, 3.8) is 0 Å². The van der Waals surface area contributed by atoms with Gasteiger partial charge in [0, 0.05) is 21.1 Å². The zero-order chi connectivity index (χ0) is 14.9. The van der Waals surface area contributed by atoms with Crippen LogP contribution in [0.2, 0.25) is 5.02 Å². The molecule has 20 heavy (non-hydrogen) atoms. The van der Waals surface area contributed by atoms with E-state index < -0.39 is 17.7 Å². The number of hydrogen-bond acceptors (Lipinski definition) is 1. The summed E-state index contributed by atoms with van der Waals surface area (Å²) in [6.07, 6.45) is 0. The number of rotatable bonds is 3. The first-order chi connectivity index (χ1) is 9.43. The van der Waals surface area contributed by atoms with Gasteiger partial charge in [-0.2, -0.15) is 0 Å². The molecule has 0 fully saturated rings. The molecule has 0 saturated carbocycles. The molecule has 0 radical (unpaired) electrons. The predicted octanol–water partition coefficient (Wildman–Crippen LogP) is 5.00. The summed E-state index contributed by atoms with van der Waals surface area (Å²) in [6, 6.07) is 7.33. The van der Waals surface area contributed by atoms with Gasteiger partial charge in [0.1, 0.15) is 11.6 Å². The predicted molar refractivity (Wildman–Crippen MR) is 81.1 cm³/mol. The Balaban J connectivity index is 2.58.